The molecule has 0 aliphatic carbocycles. The summed E-state index contributed by atoms with van der Waals surface area (Å²) in [6, 6.07) is 17.2. The lowest BCUT2D eigenvalue weighted by atomic mass is 9.94. The predicted octanol–water partition coefficient (Wildman–Crippen LogP) is 3.57. The van der Waals surface area contributed by atoms with Crippen LogP contribution in [0.3, 0.4) is 0 Å². The fraction of sp³-hybridized carbons (Fsp3) is 0.238. The van der Waals surface area contributed by atoms with E-state index in [0.717, 1.165) is 16.8 Å². The second-order valence-corrected chi connectivity index (χ2v) is 6.63. The van der Waals surface area contributed by atoms with Gasteiger partial charge in [0.15, 0.2) is 5.11 Å². The normalized spacial score (nSPS) is 16.8. The molecule has 0 fully saturated rings. The van der Waals surface area contributed by atoms with E-state index in [4.69, 9.17) is 21.7 Å². The van der Waals surface area contributed by atoms with Gasteiger partial charge in [-0.15, -0.1) is 0 Å². The Balaban J connectivity index is 1.97. The van der Waals surface area contributed by atoms with Crippen molar-refractivity contribution in [1.82, 2.24) is 10.2 Å². The van der Waals surface area contributed by atoms with E-state index in [2.05, 4.69) is 5.32 Å². The molecular weight excluding hydrogens is 360 g/mol. The number of hydrogen-bond donors (Lipinski definition) is 1. The summed E-state index contributed by atoms with van der Waals surface area (Å²) in [5.41, 5.74) is 3.18. The highest BCUT2D eigenvalue weighted by atomic mass is 32.1. The zero-order valence-corrected chi connectivity index (χ0v) is 16.4. The summed E-state index contributed by atoms with van der Waals surface area (Å²) in [5.74, 6) is 0.303. The molecule has 0 saturated carbocycles. The number of thiocarbonyl (C=S) groups is 1. The molecule has 0 spiro atoms. The molecule has 1 aliphatic heterocycles. The van der Waals surface area contributed by atoms with Gasteiger partial charge in [-0.25, -0.2) is 4.79 Å². The summed E-state index contributed by atoms with van der Waals surface area (Å²) >= 11 is 5.43. The van der Waals surface area contributed by atoms with E-state index in [1.807, 2.05) is 68.6 Å². The number of benzene rings is 2. The molecule has 2 aromatic rings. The molecule has 1 unspecified atom stereocenters. The third-order valence-corrected chi connectivity index (χ3v) is 5.02. The van der Waals surface area contributed by atoms with Gasteiger partial charge in [0.2, 0.25) is 0 Å². The number of nitrogens with one attached hydrogen (secondary N) is 1. The third-order valence-electron chi connectivity index (χ3n) is 4.63. The standard InChI is InChI=1S/C21H22N2O3S/c1-14-18(20(24)25-3)19(22-21(27)23(14)2)16-11-7-8-12-17(16)26-13-15-9-5-4-6-10-15/h4-12,19H,13H2,1-3H3,(H,22,27). The Bertz CT molecular complexity index is 880. The molecule has 2 aromatic carbocycles. The van der Waals surface area contributed by atoms with Gasteiger partial charge in [0.1, 0.15) is 12.4 Å². The van der Waals surface area contributed by atoms with Gasteiger partial charge >= 0.3 is 5.97 Å². The Morgan fingerprint density at radius 1 is 1.15 bits per heavy atom. The number of hydrogen-bond acceptors (Lipinski definition) is 4. The lowest BCUT2D eigenvalue weighted by Crippen LogP contribution is -2.46. The number of carbonyl (C=O) groups excluding carboxylic acids is 1. The molecule has 27 heavy (non-hydrogen) atoms. The molecule has 0 radical (unpaired) electrons. The second-order valence-electron chi connectivity index (χ2n) is 6.24. The lowest BCUT2D eigenvalue weighted by Gasteiger charge is -2.35. The topological polar surface area (TPSA) is 50.8 Å². The van der Waals surface area contributed by atoms with Crippen LogP contribution in [0.15, 0.2) is 65.9 Å². The van der Waals surface area contributed by atoms with Crippen molar-refractivity contribution in [2.75, 3.05) is 14.2 Å². The van der Waals surface area contributed by atoms with Gasteiger partial charge in [-0.3, -0.25) is 0 Å². The van der Waals surface area contributed by atoms with Crippen molar-refractivity contribution < 1.29 is 14.3 Å². The van der Waals surface area contributed by atoms with E-state index in [-0.39, 0.29) is 0 Å². The maximum absolute atomic E-state index is 12.5. The van der Waals surface area contributed by atoms with Gasteiger partial charge in [-0.05, 0) is 30.8 Å². The van der Waals surface area contributed by atoms with Gasteiger partial charge in [0.05, 0.1) is 18.7 Å². The Hall–Kier alpha value is -2.86. The average Bonchev–Trinajstić information content (AvgIpc) is 2.70. The molecule has 1 atom stereocenters. The minimum absolute atomic E-state index is 0.391. The lowest BCUT2D eigenvalue weighted by molar-refractivity contribution is -0.136. The summed E-state index contributed by atoms with van der Waals surface area (Å²) in [5, 5.41) is 3.78. The molecule has 0 saturated heterocycles. The highest BCUT2D eigenvalue weighted by Crippen LogP contribution is 2.35. The number of para-hydroxylation sites is 1. The highest BCUT2D eigenvalue weighted by molar-refractivity contribution is 7.80. The first kappa shape index (κ1) is 18.9. The third kappa shape index (κ3) is 3.95. The molecule has 0 aromatic heterocycles. The minimum Gasteiger partial charge on any atom is -0.489 e. The zero-order valence-electron chi connectivity index (χ0n) is 15.6. The van der Waals surface area contributed by atoms with Crippen LogP contribution in [0.25, 0.3) is 0 Å². The number of carbonyl (C=O) groups is 1. The van der Waals surface area contributed by atoms with Crippen LogP contribution in [0.5, 0.6) is 5.75 Å². The fourth-order valence-corrected chi connectivity index (χ4v) is 3.28. The molecule has 0 bridgehead atoms. The van der Waals surface area contributed by atoms with Crippen molar-refractivity contribution in [2.45, 2.75) is 19.6 Å². The van der Waals surface area contributed by atoms with Gasteiger partial charge in [-0.1, -0.05) is 48.5 Å². The zero-order chi connectivity index (χ0) is 19.4. The Morgan fingerprint density at radius 2 is 1.81 bits per heavy atom. The Kier molecular flexibility index (Phi) is 5.76. The van der Waals surface area contributed by atoms with Crippen LogP contribution in [0.4, 0.5) is 0 Å². The van der Waals surface area contributed by atoms with E-state index in [0.29, 0.717) is 23.0 Å². The van der Waals surface area contributed by atoms with E-state index >= 15 is 0 Å². The van der Waals surface area contributed by atoms with Gasteiger partial charge in [0, 0.05) is 18.3 Å². The number of rotatable bonds is 5. The van der Waals surface area contributed by atoms with E-state index in [1.54, 1.807) is 4.90 Å². The molecule has 140 valence electrons. The van der Waals surface area contributed by atoms with Crippen LogP contribution < -0.4 is 10.1 Å². The average molecular weight is 382 g/mol. The molecule has 5 nitrogen and oxygen atoms in total. The number of esters is 1. The van der Waals surface area contributed by atoms with Crippen LogP contribution in [0.1, 0.15) is 24.1 Å². The van der Waals surface area contributed by atoms with Gasteiger partial charge in [-0.2, -0.15) is 0 Å². The van der Waals surface area contributed by atoms with Crippen molar-refractivity contribution in [2.24, 2.45) is 0 Å². The van der Waals surface area contributed by atoms with E-state index in [9.17, 15) is 4.79 Å². The number of nitrogens with zero attached hydrogens (tertiary/aromatic N) is 1. The second kappa shape index (κ2) is 8.22. The van der Waals surface area contributed by atoms with Crippen molar-refractivity contribution in [3.63, 3.8) is 0 Å². The monoisotopic (exact) mass is 382 g/mol. The minimum atomic E-state index is -0.437. The van der Waals surface area contributed by atoms with E-state index < -0.39 is 12.0 Å². The van der Waals surface area contributed by atoms with E-state index in [1.165, 1.54) is 7.11 Å². The number of methoxy groups -OCH3 is 1. The van der Waals surface area contributed by atoms with Crippen molar-refractivity contribution in [3.05, 3.63) is 77.0 Å². The number of ether oxygens (including phenoxy) is 2. The Labute approximate surface area is 164 Å². The maximum Gasteiger partial charge on any atom is 0.337 e. The maximum atomic E-state index is 12.5. The molecule has 1 heterocycles. The van der Waals surface area contributed by atoms with Crippen molar-refractivity contribution in [3.8, 4) is 5.75 Å². The molecule has 6 heteroatoms. The summed E-state index contributed by atoms with van der Waals surface area (Å²) in [6.45, 7) is 2.30. The van der Waals surface area contributed by atoms with Crippen LogP contribution in [0.2, 0.25) is 0 Å². The molecule has 1 aliphatic rings. The molecule has 1 N–H and O–H groups in total. The largest absolute Gasteiger partial charge is 0.489 e. The van der Waals surface area contributed by atoms with Crippen molar-refractivity contribution >= 4 is 23.3 Å². The van der Waals surface area contributed by atoms with Crippen LogP contribution >= 0.6 is 12.2 Å². The fourth-order valence-electron chi connectivity index (χ4n) is 3.03. The quantitative estimate of drug-likeness (QED) is 0.630. The highest BCUT2D eigenvalue weighted by Gasteiger charge is 2.34. The number of allylic oxidation sites excluding steroid dienone is 1. The van der Waals surface area contributed by atoms with Gasteiger partial charge in [0.25, 0.3) is 0 Å². The summed E-state index contributed by atoms with van der Waals surface area (Å²) in [6.07, 6.45) is 0. The SMILES string of the molecule is COC(=O)C1=C(C)N(C)C(=S)NC1c1ccccc1OCc1ccccc1. The van der Waals surface area contributed by atoms with Gasteiger partial charge < -0.3 is 19.7 Å². The van der Waals surface area contributed by atoms with Crippen LogP contribution in [-0.2, 0) is 16.1 Å². The molecular formula is C21H22N2O3S. The predicted molar refractivity (Wildman–Crippen MR) is 108 cm³/mol. The summed E-state index contributed by atoms with van der Waals surface area (Å²) in [7, 11) is 3.20. The first-order valence-electron chi connectivity index (χ1n) is 8.62. The Morgan fingerprint density at radius 3 is 2.52 bits per heavy atom. The van der Waals surface area contributed by atoms with Crippen LogP contribution in [-0.4, -0.2) is 30.1 Å². The summed E-state index contributed by atoms with van der Waals surface area (Å²) < 4.78 is 11.1. The smallest absolute Gasteiger partial charge is 0.337 e. The van der Waals surface area contributed by atoms with Crippen LogP contribution in [0, 0.1) is 0 Å². The van der Waals surface area contributed by atoms with Crippen molar-refractivity contribution in [1.29, 1.82) is 0 Å². The first-order chi connectivity index (χ1) is 13.0. The molecule has 0 amide bonds. The molecule has 3 rings (SSSR count). The summed E-state index contributed by atoms with van der Waals surface area (Å²) in [4.78, 5) is 14.2. The first-order valence-corrected chi connectivity index (χ1v) is 9.02.